The zero-order valence-electron chi connectivity index (χ0n) is 14.0. The van der Waals surface area contributed by atoms with Crippen molar-refractivity contribution in [2.24, 2.45) is 0 Å². The SMILES string of the molecule is O=C(CCC(=O)c1ccc(Cl)s1)NCCc1nnc2n1CCCCC2. The van der Waals surface area contributed by atoms with Crippen LogP contribution in [0.15, 0.2) is 12.1 Å². The van der Waals surface area contributed by atoms with Gasteiger partial charge in [0.25, 0.3) is 0 Å². The first-order valence-corrected chi connectivity index (χ1v) is 9.79. The number of ketones is 1. The molecule has 134 valence electrons. The number of hydrogen-bond acceptors (Lipinski definition) is 5. The van der Waals surface area contributed by atoms with E-state index in [0.717, 1.165) is 31.0 Å². The Hall–Kier alpha value is -1.73. The topological polar surface area (TPSA) is 76.9 Å². The van der Waals surface area contributed by atoms with Crippen LogP contribution in [0, 0.1) is 0 Å². The average molecular weight is 381 g/mol. The summed E-state index contributed by atoms with van der Waals surface area (Å²) in [6, 6.07) is 3.39. The van der Waals surface area contributed by atoms with E-state index in [1.165, 1.54) is 24.2 Å². The minimum Gasteiger partial charge on any atom is -0.356 e. The van der Waals surface area contributed by atoms with Crippen LogP contribution in [-0.4, -0.2) is 33.0 Å². The predicted molar refractivity (Wildman–Crippen MR) is 97.2 cm³/mol. The molecule has 1 aliphatic rings. The van der Waals surface area contributed by atoms with E-state index in [0.29, 0.717) is 22.2 Å². The second-order valence-electron chi connectivity index (χ2n) is 6.12. The summed E-state index contributed by atoms with van der Waals surface area (Å²) in [5.74, 6) is 1.82. The van der Waals surface area contributed by atoms with E-state index in [-0.39, 0.29) is 24.5 Å². The number of carbonyl (C=O) groups is 2. The van der Waals surface area contributed by atoms with Crippen LogP contribution in [0.25, 0.3) is 0 Å². The summed E-state index contributed by atoms with van der Waals surface area (Å²) < 4.78 is 2.77. The number of Topliss-reactive ketones (excluding diaryl/α,β-unsaturated/α-hetero) is 1. The molecule has 0 radical (unpaired) electrons. The summed E-state index contributed by atoms with van der Waals surface area (Å²) in [6.07, 6.45) is 5.57. The number of amides is 1. The highest BCUT2D eigenvalue weighted by Crippen LogP contribution is 2.22. The van der Waals surface area contributed by atoms with Gasteiger partial charge in [-0.25, -0.2) is 0 Å². The number of fused-ring (bicyclic) bond motifs is 1. The Morgan fingerprint density at radius 1 is 1.20 bits per heavy atom. The molecule has 0 spiro atoms. The lowest BCUT2D eigenvalue weighted by Gasteiger charge is -2.08. The molecule has 1 aliphatic heterocycles. The molecule has 0 saturated carbocycles. The normalized spacial score (nSPS) is 14.0. The molecule has 0 saturated heterocycles. The molecule has 1 N–H and O–H groups in total. The summed E-state index contributed by atoms with van der Waals surface area (Å²) in [6.45, 7) is 1.47. The van der Waals surface area contributed by atoms with E-state index in [2.05, 4.69) is 20.1 Å². The molecule has 0 aliphatic carbocycles. The fraction of sp³-hybridized carbons (Fsp3) is 0.529. The van der Waals surface area contributed by atoms with Crippen LogP contribution in [0.4, 0.5) is 0 Å². The maximum absolute atomic E-state index is 12.0. The highest BCUT2D eigenvalue weighted by atomic mass is 35.5. The minimum atomic E-state index is -0.119. The molecule has 6 nitrogen and oxygen atoms in total. The van der Waals surface area contributed by atoms with Gasteiger partial charge in [0.2, 0.25) is 5.91 Å². The van der Waals surface area contributed by atoms with Crippen LogP contribution in [0.5, 0.6) is 0 Å². The van der Waals surface area contributed by atoms with Gasteiger partial charge in [0.05, 0.1) is 9.21 Å². The van der Waals surface area contributed by atoms with Crippen LogP contribution in [0.1, 0.15) is 53.4 Å². The Kier molecular flexibility index (Phi) is 6.20. The molecule has 25 heavy (non-hydrogen) atoms. The van der Waals surface area contributed by atoms with Crippen LogP contribution in [0.2, 0.25) is 4.34 Å². The molecule has 2 aromatic heterocycles. The van der Waals surface area contributed by atoms with Crippen LogP contribution >= 0.6 is 22.9 Å². The van der Waals surface area contributed by atoms with Crippen molar-refractivity contribution in [3.05, 3.63) is 33.0 Å². The van der Waals surface area contributed by atoms with Crippen molar-refractivity contribution in [2.75, 3.05) is 6.54 Å². The summed E-state index contributed by atoms with van der Waals surface area (Å²) in [5.41, 5.74) is 0. The lowest BCUT2D eigenvalue weighted by molar-refractivity contribution is -0.121. The van der Waals surface area contributed by atoms with Crippen molar-refractivity contribution in [1.82, 2.24) is 20.1 Å². The Labute approximate surface area is 155 Å². The molecule has 0 atom stereocenters. The number of aryl methyl sites for hydroxylation is 1. The van der Waals surface area contributed by atoms with Gasteiger partial charge in [-0.3, -0.25) is 9.59 Å². The third kappa shape index (κ3) is 4.89. The van der Waals surface area contributed by atoms with Gasteiger partial charge < -0.3 is 9.88 Å². The fourth-order valence-corrected chi connectivity index (χ4v) is 3.96. The molecule has 8 heteroatoms. The Morgan fingerprint density at radius 2 is 2.08 bits per heavy atom. The van der Waals surface area contributed by atoms with Crippen LogP contribution in [0.3, 0.4) is 0 Å². The molecule has 0 unspecified atom stereocenters. The highest BCUT2D eigenvalue weighted by Gasteiger charge is 2.15. The van der Waals surface area contributed by atoms with E-state index in [1.807, 2.05) is 0 Å². The van der Waals surface area contributed by atoms with Gasteiger partial charge in [-0.2, -0.15) is 0 Å². The van der Waals surface area contributed by atoms with Gasteiger partial charge in [0.1, 0.15) is 11.6 Å². The van der Waals surface area contributed by atoms with E-state index in [9.17, 15) is 9.59 Å². The van der Waals surface area contributed by atoms with Gasteiger partial charge in [0, 0.05) is 38.8 Å². The average Bonchev–Trinajstić information content (AvgIpc) is 3.12. The standard InChI is InChI=1S/C17H21ClN4O2S/c18-14-7-6-13(25-14)12(23)5-8-17(24)19-10-9-16-21-20-15-4-2-1-3-11-22(15)16/h6-7H,1-5,8-11H2,(H,19,24). The van der Waals surface area contributed by atoms with E-state index >= 15 is 0 Å². The Balaban J connectivity index is 1.41. The van der Waals surface area contributed by atoms with Gasteiger partial charge in [0.15, 0.2) is 5.78 Å². The van der Waals surface area contributed by atoms with E-state index in [1.54, 1.807) is 12.1 Å². The zero-order valence-corrected chi connectivity index (χ0v) is 15.5. The lowest BCUT2D eigenvalue weighted by atomic mass is 10.2. The van der Waals surface area contributed by atoms with Crippen molar-refractivity contribution in [1.29, 1.82) is 0 Å². The van der Waals surface area contributed by atoms with Crippen molar-refractivity contribution in [3.8, 4) is 0 Å². The van der Waals surface area contributed by atoms with Crippen LogP contribution < -0.4 is 5.32 Å². The first-order chi connectivity index (χ1) is 12.1. The number of aromatic nitrogens is 3. The summed E-state index contributed by atoms with van der Waals surface area (Å²) in [5, 5.41) is 11.4. The molecular formula is C17H21ClN4O2S. The van der Waals surface area contributed by atoms with E-state index in [4.69, 9.17) is 11.6 Å². The van der Waals surface area contributed by atoms with E-state index < -0.39 is 0 Å². The van der Waals surface area contributed by atoms with Gasteiger partial charge in [-0.1, -0.05) is 18.0 Å². The number of nitrogens with one attached hydrogen (secondary N) is 1. The molecular weight excluding hydrogens is 360 g/mol. The van der Waals surface area contributed by atoms with Gasteiger partial charge in [-0.05, 0) is 25.0 Å². The second kappa shape index (κ2) is 8.58. The summed E-state index contributed by atoms with van der Waals surface area (Å²) in [7, 11) is 0. The molecule has 0 aromatic carbocycles. The molecule has 0 fully saturated rings. The second-order valence-corrected chi connectivity index (χ2v) is 7.84. The number of thiophene rings is 1. The Bertz CT molecular complexity index is 756. The third-order valence-electron chi connectivity index (χ3n) is 4.28. The third-order valence-corrected chi connectivity index (χ3v) is 5.56. The minimum absolute atomic E-state index is 0.0465. The largest absolute Gasteiger partial charge is 0.356 e. The first kappa shape index (κ1) is 18.1. The number of hydrogen-bond donors (Lipinski definition) is 1. The maximum Gasteiger partial charge on any atom is 0.220 e. The quantitative estimate of drug-likeness (QED) is 0.749. The highest BCUT2D eigenvalue weighted by molar-refractivity contribution is 7.18. The van der Waals surface area contributed by atoms with Crippen molar-refractivity contribution >= 4 is 34.6 Å². The molecule has 2 aromatic rings. The zero-order chi connectivity index (χ0) is 17.6. The summed E-state index contributed by atoms with van der Waals surface area (Å²) >= 11 is 7.06. The fourth-order valence-electron chi connectivity index (χ4n) is 2.95. The number of halogens is 1. The van der Waals surface area contributed by atoms with Crippen molar-refractivity contribution in [3.63, 3.8) is 0 Å². The number of carbonyl (C=O) groups excluding carboxylic acids is 2. The molecule has 0 bridgehead atoms. The number of rotatable bonds is 7. The molecule has 1 amide bonds. The Morgan fingerprint density at radius 3 is 2.88 bits per heavy atom. The monoisotopic (exact) mass is 380 g/mol. The van der Waals surface area contributed by atoms with Gasteiger partial charge in [-0.15, -0.1) is 21.5 Å². The predicted octanol–water partition coefficient (Wildman–Crippen LogP) is 3.04. The maximum atomic E-state index is 12.0. The summed E-state index contributed by atoms with van der Waals surface area (Å²) in [4.78, 5) is 24.5. The van der Waals surface area contributed by atoms with Crippen molar-refractivity contribution < 1.29 is 9.59 Å². The lowest BCUT2D eigenvalue weighted by Crippen LogP contribution is -2.26. The van der Waals surface area contributed by atoms with Crippen molar-refractivity contribution in [2.45, 2.75) is 51.5 Å². The number of nitrogens with zero attached hydrogens (tertiary/aromatic N) is 3. The molecule has 3 heterocycles. The van der Waals surface area contributed by atoms with Crippen LogP contribution in [-0.2, 0) is 24.2 Å². The first-order valence-electron chi connectivity index (χ1n) is 8.59. The smallest absolute Gasteiger partial charge is 0.220 e. The molecule has 3 rings (SSSR count). The van der Waals surface area contributed by atoms with Gasteiger partial charge >= 0.3 is 0 Å².